The van der Waals surface area contributed by atoms with Gasteiger partial charge in [-0.2, -0.15) is 0 Å². The SMILES string of the molecule is CCC(C)(C)NC(=O)CN1c2ccc(S(N)(=O)=O)cc2C[C@@H]1C. The van der Waals surface area contributed by atoms with Crippen LogP contribution in [0.1, 0.15) is 39.7 Å². The van der Waals surface area contributed by atoms with Gasteiger partial charge in [-0.3, -0.25) is 4.79 Å². The first-order chi connectivity index (χ1) is 10.5. The number of nitrogens with one attached hydrogen (secondary N) is 1. The van der Waals surface area contributed by atoms with Crippen molar-refractivity contribution in [2.75, 3.05) is 11.4 Å². The van der Waals surface area contributed by atoms with E-state index in [2.05, 4.69) is 5.32 Å². The third-order valence-corrected chi connectivity index (χ3v) is 5.32. The molecule has 0 bridgehead atoms. The lowest BCUT2D eigenvalue weighted by Crippen LogP contribution is -2.48. The minimum atomic E-state index is -3.71. The van der Waals surface area contributed by atoms with Gasteiger partial charge in [0.2, 0.25) is 15.9 Å². The summed E-state index contributed by atoms with van der Waals surface area (Å²) in [6.07, 6.45) is 1.55. The van der Waals surface area contributed by atoms with Gasteiger partial charge in [0.25, 0.3) is 0 Å². The third kappa shape index (κ3) is 4.03. The molecule has 1 heterocycles. The molecule has 23 heavy (non-hydrogen) atoms. The van der Waals surface area contributed by atoms with Crippen LogP contribution >= 0.6 is 0 Å². The zero-order valence-electron chi connectivity index (χ0n) is 14.1. The summed E-state index contributed by atoms with van der Waals surface area (Å²) >= 11 is 0. The van der Waals surface area contributed by atoms with E-state index in [1.165, 1.54) is 6.07 Å². The third-order valence-electron chi connectivity index (χ3n) is 4.41. The van der Waals surface area contributed by atoms with Gasteiger partial charge in [0.1, 0.15) is 0 Å². The van der Waals surface area contributed by atoms with Crippen LogP contribution in [-0.2, 0) is 21.2 Å². The van der Waals surface area contributed by atoms with Gasteiger partial charge in [-0.25, -0.2) is 13.6 Å². The number of hydrogen-bond donors (Lipinski definition) is 2. The lowest BCUT2D eigenvalue weighted by Gasteiger charge is -2.29. The van der Waals surface area contributed by atoms with Crippen LogP contribution in [0.15, 0.2) is 23.1 Å². The molecule has 1 aromatic carbocycles. The molecule has 0 unspecified atom stereocenters. The number of carbonyl (C=O) groups excluding carboxylic acids is 1. The zero-order valence-corrected chi connectivity index (χ0v) is 14.9. The Kier molecular flexibility index (Phi) is 4.73. The number of benzene rings is 1. The summed E-state index contributed by atoms with van der Waals surface area (Å²) in [5.41, 5.74) is 1.57. The van der Waals surface area contributed by atoms with Gasteiger partial charge < -0.3 is 10.2 Å². The number of nitrogens with two attached hydrogens (primary N) is 1. The largest absolute Gasteiger partial charge is 0.359 e. The zero-order chi connectivity index (χ0) is 17.4. The molecule has 128 valence electrons. The molecular formula is C16H25N3O3S. The lowest BCUT2D eigenvalue weighted by atomic mass is 10.0. The standard InChI is InChI=1S/C16H25N3O3S/c1-5-16(3,4)18-15(20)10-19-11(2)8-12-9-13(23(17,21)22)6-7-14(12)19/h6-7,9,11H,5,8,10H2,1-4H3,(H,18,20)(H2,17,21,22)/t11-/m0/s1. The second kappa shape index (κ2) is 6.13. The van der Waals surface area contributed by atoms with E-state index in [9.17, 15) is 13.2 Å². The molecule has 1 aromatic rings. The predicted octanol–water partition coefficient (Wildman–Crippen LogP) is 1.39. The Bertz CT molecular complexity index is 713. The molecule has 3 N–H and O–H groups in total. The number of fused-ring (bicyclic) bond motifs is 1. The molecule has 0 fully saturated rings. The van der Waals surface area contributed by atoms with E-state index in [0.717, 1.165) is 17.7 Å². The average molecular weight is 339 g/mol. The maximum Gasteiger partial charge on any atom is 0.239 e. The van der Waals surface area contributed by atoms with Crippen LogP contribution in [0.5, 0.6) is 0 Å². The van der Waals surface area contributed by atoms with Crippen LogP contribution in [0.25, 0.3) is 0 Å². The fourth-order valence-corrected chi connectivity index (χ4v) is 3.31. The highest BCUT2D eigenvalue weighted by Crippen LogP contribution is 2.33. The van der Waals surface area contributed by atoms with E-state index >= 15 is 0 Å². The van der Waals surface area contributed by atoms with E-state index < -0.39 is 10.0 Å². The Balaban J connectivity index is 2.19. The highest BCUT2D eigenvalue weighted by atomic mass is 32.2. The van der Waals surface area contributed by atoms with Crippen LogP contribution in [-0.4, -0.2) is 32.5 Å². The molecule has 0 aromatic heterocycles. The van der Waals surface area contributed by atoms with Gasteiger partial charge in [-0.15, -0.1) is 0 Å². The number of hydrogen-bond acceptors (Lipinski definition) is 4. The van der Waals surface area contributed by atoms with Crippen molar-refractivity contribution in [3.05, 3.63) is 23.8 Å². The molecule has 0 saturated heterocycles. The molecule has 1 aliphatic heterocycles. The van der Waals surface area contributed by atoms with Gasteiger partial charge in [0.15, 0.2) is 0 Å². The highest BCUT2D eigenvalue weighted by molar-refractivity contribution is 7.89. The van der Waals surface area contributed by atoms with Gasteiger partial charge in [-0.05, 0) is 57.4 Å². The van der Waals surface area contributed by atoms with Crippen molar-refractivity contribution in [2.45, 2.75) is 57.0 Å². The van der Waals surface area contributed by atoms with Crippen LogP contribution in [0.4, 0.5) is 5.69 Å². The predicted molar refractivity (Wildman–Crippen MR) is 90.8 cm³/mol. The number of amides is 1. The number of carbonyl (C=O) groups is 1. The summed E-state index contributed by atoms with van der Waals surface area (Å²) in [5, 5.41) is 8.20. The number of rotatable bonds is 5. The molecular weight excluding hydrogens is 314 g/mol. The van der Waals surface area contributed by atoms with E-state index in [0.29, 0.717) is 6.42 Å². The van der Waals surface area contributed by atoms with E-state index in [1.54, 1.807) is 12.1 Å². The Morgan fingerprint density at radius 3 is 2.65 bits per heavy atom. The van der Waals surface area contributed by atoms with Crippen molar-refractivity contribution < 1.29 is 13.2 Å². The Labute approximate surface area is 138 Å². The lowest BCUT2D eigenvalue weighted by molar-refractivity contribution is -0.121. The first kappa shape index (κ1) is 17.7. The Morgan fingerprint density at radius 1 is 1.43 bits per heavy atom. The molecule has 0 saturated carbocycles. The van der Waals surface area contributed by atoms with Crippen LogP contribution in [0.3, 0.4) is 0 Å². The first-order valence-corrected chi connectivity index (χ1v) is 9.31. The monoisotopic (exact) mass is 339 g/mol. The highest BCUT2D eigenvalue weighted by Gasteiger charge is 2.29. The van der Waals surface area contributed by atoms with Gasteiger partial charge in [0.05, 0.1) is 11.4 Å². The van der Waals surface area contributed by atoms with Crippen LogP contribution in [0, 0.1) is 0 Å². The van der Waals surface area contributed by atoms with Crippen molar-refractivity contribution in [2.24, 2.45) is 5.14 Å². The van der Waals surface area contributed by atoms with Gasteiger partial charge >= 0.3 is 0 Å². The quantitative estimate of drug-likeness (QED) is 0.848. The molecule has 7 heteroatoms. The minimum absolute atomic E-state index is 0.0351. The van der Waals surface area contributed by atoms with E-state index in [1.807, 2.05) is 32.6 Å². The summed E-state index contributed by atoms with van der Waals surface area (Å²) in [6, 6.07) is 4.97. The van der Waals surface area contributed by atoms with Crippen molar-refractivity contribution in [1.82, 2.24) is 5.32 Å². The molecule has 0 spiro atoms. The average Bonchev–Trinajstić information content (AvgIpc) is 2.73. The Hall–Kier alpha value is -1.60. The van der Waals surface area contributed by atoms with E-state index in [4.69, 9.17) is 5.14 Å². The molecule has 1 aliphatic rings. The smallest absolute Gasteiger partial charge is 0.239 e. The van der Waals surface area contributed by atoms with Crippen LogP contribution in [0.2, 0.25) is 0 Å². The van der Waals surface area contributed by atoms with E-state index in [-0.39, 0.29) is 28.9 Å². The van der Waals surface area contributed by atoms with Gasteiger partial charge in [-0.1, -0.05) is 6.92 Å². The van der Waals surface area contributed by atoms with Crippen molar-refractivity contribution in [3.8, 4) is 0 Å². The maximum absolute atomic E-state index is 12.3. The molecule has 1 amide bonds. The van der Waals surface area contributed by atoms with Crippen molar-refractivity contribution >= 4 is 21.6 Å². The first-order valence-electron chi connectivity index (χ1n) is 7.77. The number of anilines is 1. The second-order valence-electron chi connectivity index (χ2n) is 6.80. The van der Waals surface area contributed by atoms with Gasteiger partial charge in [0, 0.05) is 17.3 Å². The summed E-state index contributed by atoms with van der Waals surface area (Å²) in [5.74, 6) is -0.0351. The Morgan fingerprint density at radius 2 is 2.09 bits per heavy atom. The fraction of sp³-hybridized carbons (Fsp3) is 0.562. The molecule has 0 aliphatic carbocycles. The number of primary sulfonamides is 1. The topological polar surface area (TPSA) is 92.5 Å². The van der Waals surface area contributed by atoms with Crippen molar-refractivity contribution in [1.29, 1.82) is 0 Å². The second-order valence-corrected chi connectivity index (χ2v) is 8.36. The summed E-state index contributed by atoms with van der Waals surface area (Å²) in [7, 11) is -3.71. The number of sulfonamides is 1. The summed E-state index contributed by atoms with van der Waals surface area (Å²) in [6.45, 7) is 8.29. The fourth-order valence-electron chi connectivity index (χ4n) is 2.75. The number of nitrogens with zero attached hydrogens (tertiary/aromatic N) is 1. The molecule has 6 nitrogen and oxygen atoms in total. The van der Waals surface area contributed by atoms with Crippen LogP contribution < -0.4 is 15.4 Å². The molecule has 0 radical (unpaired) electrons. The summed E-state index contributed by atoms with van der Waals surface area (Å²) in [4.78, 5) is 14.4. The maximum atomic E-state index is 12.3. The minimum Gasteiger partial charge on any atom is -0.359 e. The molecule has 2 rings (SSSR count). The van der Waals surface area contributed by atoms with Crippen molar-refractivity contribution in [3.63, 3.8) is 0 Å². The normalized spacial score (nSPS) is 18.0. The summed E-state index contributed by atoms with van der Waals surface area (Å²) < 4.78 is 22.9. The molecule has 1 atom stereocenters.